The number of nitrogens with zero attached hydrogens (tertiary/aromatic N) is 2. The largest absolute Gasteiger partial charge is 0.369 e. The third-order valence-electron chi connectivity index (χ3n) is 4.59. The standard InChI is InChI=1S/C21H20N4O2S2/c1-14-24-20(23-12-11-15-7-9-17(10-8-15)29(22,26)27)19-18(13-28-21(19)25-14)16-5-3-2-4-6-16/h2-10,13H,11-12H2,1H3,(H2,22,26,27)(H,23,24,25). The number of nitrogens with one attached hydrogen (secondary N) is 1. The molecule has 4 rings (SSSR count). The minimum atomic E-state index is -3.67. The van der Waals surface area contributed by atoms with Crippen LogP contribution in [0.2, 0.25) is 0 Å². The molecule has 0 aliphatic rings. The molecule has 2 heterocycles. The summed E-state index contributed by atoms with van der Waals surface area (Å²) < 4.78 is 22.8. The monoisotopic (exact) mass is 424 g/mol. The summed E-state index contributed by atoms with van der Waals surface area (Å²) in [7, 11) is -3.67. The van der Waals surface area contributed by atoms with Crippen LogP contribution in [0.1, 0.15) is 11.4 Å². The first-order valence-corrected chi connectivity index (χ1v) is 11.5. The quantitative estimate of drug-likeness (QED) is 0.488. The molecule has 29 heavy (non-hydrogen) atoms. The van der Waals surface area contributed by atoms with E-state index in [-0.39, 0.29) is 4.90 Å². The number of benzene rings is 2. The number of anilines is 1. The van der Waals surface area contributed by atoms with Crippen molar-refractivity contribution < 1.29 is 8.42 Å². The maximum Gasteiger partial charge on any atom is 0.238 e. The number of aromatic nitrogens is 2. The van der Waals surface area contributed by atoms with E-state index in [9.17, 15) is 8.42 Å². The van der Waals surface area contributed by atoms with Crippen LogP contribution in [0.5, 0.6) is 0 Å². The van der Waals surface area contributed by atoms with Crippen molar-refractivity contribution in [1.29, 1.82) is 0 Å². The van der Waals surface area contributed by atoms with Gasteiger partial charge in [0.15, 0.2) is 0 Å². The number of primary sulfonamides is 1. The summed E-state index contributed by atoms with van der Waals surface area (Å²) in [6.07, 6.45) is 0.722. The third-order valence-corrected chi connectivity index (χ3v) is 6.39. The number of hydrogen-bond acceptors (Lipinski definition) is 6. The van der Waals surface area contributed by atoms with Crippen molar-refractivity contribution in [2.75, 3.05) is 11.9 Å². The summed E-state index contributed by atoms with van der Waals surface area (Å²) in [5.74, 6) is 1.53. The maximum absolute atomic E-state index is 11.4. The van der Waals surface area contributed by atoms with Crippen LogP contribution in [-0.4, -0.2) is 24.9 Å². The molecule has 8 heteroatoms. The predicted molar refractivity (Wildman–Crippen MR) is 118 cm³/mol. The molecule has 0 spiro atoms. The van der Waals surface area contributed by atoms with Crippen molar-refractivity contribution in [1.82, 2.24) is 9.97 Å². The number of thiophene rings is 1. The number of fused-ring (bicyclic) bond motifs is 1. The van der Waals surface area contributed by atoms with Crippen LogP contribution in [0.25, 0.3) is 21.3 Å². The number of rotatable bonds is 6. The summed E-state index contributed by atoms with van der Waals surface area (Å²) >= 11 is 1.61. The Hall–Kier alpha value is -2.81. The zero-order valence-electron chi connectivity index (χ0n) is 15.8. The average Bonchev–Trinajstić information content (AvgIpc) is 3.12. The van der Waals surface area contributed by atoms with Crippen molar-refractivity contribution in [3.8, 4) is 11.1 Å². The van der Waals surface area contributed by atoms with Crippen molar-refractivity contribution >= 4 is 37.4 Å². The van der Waals surface area contributed by atoms with Gasteiger partial charge in [-0.2, -0.15) is 0 Å². The molecule has 0 amide bonds. The minimum Gasteiger partial charge on any atom is -0.369 e. The van der Waals surface area contributed by atoms with Crippen molar-refractivity contribution in [2.45, 2.75) is 18.2 Å². The molecule has 0 saturated carbocycles. The van der Waals surface area contributed by atoms with Crippen LogP contribution in [0.4, 0.5) is 5.82 Å². The lowest BCUT2D eigenvalue weighted by Gasteiger charge is -2.10. The van der Waals surface area contributed by atoms with E-state index in [1.807, 2.05) is 25.1 Å². The maximum atomic E-state index is 11.4. The van der Waals surface area contributed by atoms with E-state index in [0.29, 0.717) is 6.54 Å². The average molecular weight is 425 g/mol. The molecule has 4 aromatic rings. The van der Waals surface area contributed by atoms with Gasteiger partial charge in [-0.25, -0.2) is 23.5 Å². The smallest absolute Gasteiger partial charge is 0.238 e. The molecule has 0 aliphatic carbocycles. The van der Waals surface area contributed by atoms with Crippen LogP contribution in [-0.2, 0) is 16.4 Å². The Labute approximate surface area is 173 Å². The Bertz CT molecular complexity index is 1250. The molecular formula is C21H20N4O2S2. The van der Waals surface area contributed by atoms with Crippen LogP contribution in [0, 0.1) is 6.92 Å². The first kappa shape index (κ1) is 19.5. The van der Waals surface area contributed by atoms with Gasteiger partial charge in [-0.1, -0.05) is 42.5 Å². The van der Waals surface area contributed by atoms with Crippen LogP contribution in [0.15, 0.2) is 64.9 Å². The first-order valence-electron chi connectivity index (χ1n) is 9.09. The molecule has 0 fully saturated rings. The highest BCUT2D eigenvalue weighted by atomic mass is 32.2. The van der Waals surface area contributed by atoms with Crippen molar-refractivity contribution in [3.05, 3.63) is 71.4 Å². The fraction of sp³-hybridized carbons (Fsp3) is 0.143. The van der Waals surface area contributed by atoms with E-state index in [0.717, 1.165) is 45.0 Å². The highest BCUT2D eigenvalue weighted by Crippen LogP contribution is 2.36. The van der Waals surface area contributed by atoms with Gasteiger partial charge < -0.3 is 5.32 Å². The van der Waals surface area contributed by atoms with Gasteiger partial charge in [0.2, 0.25) is 10.0 Å². The van der Waals surface area contributed by atoms with E-state index in [2.05, 4.69) is 32.8 Å². The van der Waals surface area contributed by atoms with Gasteiger partial charge in [-0.05, 0) is 36.6 Å². The topological polar surface area (TPSA) is 98.0 Å². The molecule has 0 unspecified atom stereocenters. The van der Waals surface area contributed by atoms with Gasteiger partial charge in [-0.3, -0.25) is 0 Å². The Morgan fingerprint density at radius 2 is 1.76 bits per heavy atom. The molecule has 0 atom stereocenters. The van der Waals surface area contributed by atoms with E-state index in [1.54, 1.807) is 23.5 Å². The summed E-state index contributed by atoms with van der Waals surface area (Å²) in [5, 5.41) is 11.7. The lowest BCUT2D eigenvalue weighted by molar-refractivity contribution is 0.598. The first-order chi connectivity index (χ1) is 13.9. The van der Waals surface area contributed by atoms with E-state index in [1.165, 1.54) is 12.1 Å². The SMILES string of the molecule is Cc1nc(NCCc2ccc(S(N)(=O)=O)cc2)c2c(-c3ccccc3)csc2n1. The van der Waals surface area contributed by atoms with Crippen molar-refractivity contribution in [2.24, 2.45) is 5.14 Å². The second-order valence-corrected chi connectivity index (χ2v) is 9.10. The second-order valence-electron chi connectivity index (χ2n) is 6.68. The highest BCUT2D eigenvalue weighted by Gasteiger charge is 2.14. The molecule has 3 N–H and O–H groups in total. The number of sulfonamides is 1. The number of hydrogen-bond donors (Lipinski definition) is 2. The predicted octanol–water partition coefficient (Wildman–Crippen LogP) is 3.97. The lowest BCUT2D eigenvalue weighted by Crippen LogP contribution is -2.12. The van der Waals surface area contributed by atoms with E-state index < -0.39 is 10.0 Å². The molecular weight excluding hydrogens is 404 g/mol. The fourth-order valence-corrected chi connectivity index (χ4v) is 4.69. The molecule has 0 saturated heterocycles. The Balaban J connectivity index is 1.57. The zero-order valence-corrected chi connectivity index (χ0v) is 17.4. The summed E-state index contributed by atoms with van der Waals surface area (Å²) in [5.41, 5.74) is 3.26. The van der Waals surface area contributed by atoms with Gasteiger partial charge in [0.05, 0.1) is 10.3 Å². The Kier molecular flexibility index (Phi) is 5.31. The van der Waals surface area contributed by atoms with Crippen molar-refractivity contribution in [3.63, 3.8) is 0 Å². The number of aryl methyl sites for hydroxylation is 1. The molecule has 2 aromatic carbocycles. The van der Waals surface area contributed by atoms with Gasteiger partial charge in [0, 0.05) is 17.5 Å². The summed E-state index contributed by atoms with van der Waals surface area (Å²) in [6, 6.07) is 16.8. The molecule has 148 valence electrons. The normalized spacial score (nSPS) is 11.7. The van der Waals surface area contributed by atoms with Gasteiger partial charge >= 0.3 is 0 Å². The van der Waals surface area contributed by atoms with E-state index in [4.69, 9.17) is 5.14 Å². The van der Waals surface area contributed by atoms with Crippen LogP contribution < -0.4 is 10.5 Å². The highest BCUT2D eigenvalue weighted by molar-refractivity contribution is 7.89. The van der Waals surface area contributed by atoms with Crippen LogP contribution in [0.3, 0.4) is 0 Å². The molecule has 0 aliphatic heterocycles. The Morgan fingerprint density at radius 1 is 1.03 bits per heavy atom. The van der Waals surface area contributed by atoms with Crippen LogP contribution >= 0.6 is 11.3 Å². The fourth-order valence-electron chi connectivity index (χ4n) is 3.18. The van der Waals surface area contributed by atoms with E-state index >= 15 is 0 Å². The lowest BCUT2D eigenvalue weighted by atomic mass is 10.1. The Morgan fingerprint density at radius 3 is 2.45 bits per heavy atom. The summed E-state index contributed by atoms with van der Waals surface area (Å²) in [4.78, 5) is 10.3. The minimum absolute atomic E-state index is 0.119. The zero-order chi connectivity index (χ0) is 20.4. The second kappa shape index (κ2) is 7.90. The van der Waals surface area contributed by atoms with Gasteiger partial charge in [0.1, 0.15) is 16.5 Å². The molecule has 0 bridgehead atoms. The van der Waals surface area contributed by atoms with Gasteiger partial charge in [-0.15, -0.1) is 11.3 Å². The summed E-state index contributed by atoms with van der Waals surface area (Å²) in [6.45, 7) is 2.54. The van der Waals surface area contributed by atoms with Gasteiger partial charge in [0.25, 0.3) is 0 Å². The third kappa shape index (κ3) is 4.29. The number of nitrogens with two attached hydrogens (primary N) is 1. The molecule has 2 aromatic heterocycles. The molecule has 0 radical (unpaired) electrons. The molecule has 6 nitrogen and oxygen atoms in total.